The molecular weight excluding hydrogens is 713 g/mol. The predicted octanol–water partition coefficient (Wildman–Crippen LogP) is 11.8. The van der Waals surface area contributed by atoms with Crippen molar-refractivity contribution in [3.8, 4) is 23.5 Å². The summed E-state index contributed by atoms with van der Waals surface area (Å²) < 4.78 is 0. The molecule has 0 radical (unpaired) electrons. The van der Waals surface area contributed by atoms with Gasteiger partial charge in [-0.05, 0) is 118 Å². The van der Waals surface area contributed by atoms with Crippen molar-refractivity contribution in [3.05, 3.63) is 230 Å². The van der Waals surface area contributed by atoms with Crippen LogP contribution in [0.5, 0.6) is 0 Å². The summed E-state index contributed by atoms with van der Waals surface area (Å²) in [6, 6.07) is 74.2. The van der Waals surface area contributed by atoms with Crippen molar-refractivity contribution in [2.24, 2.45) is 0 Å². The summed E-state index contributed by atoms with van der Waals surface area (Å²) >= 11 is 0. The normalized spacial score (nSPS) is 12.7. The predicted molar refractivity (Wildman–Crippen MR) is 252 cm³/mol. The average Bonchev–Trinajstić information content (AvgIpc) is 3.31. The minimum atomic E-state index is 0.00194. The Morgan fingerprint density at radius 1 is 0.525 bits per heavy atom. The molecule has 0 fully saturated rings. The first-order valence-electron chi connectivity index (χ1n) is 20.1. The molecule has 10 rings (SSSR count). The molecular formula is C55H40BN3. The molecule has 0 N–H and O–H groups in total. The molecule has 2 aliphatic heterocycles. The fraction of sp³-hybridized carbons (Fsp3) is 0.0182. The van der Waals surface area contributed by atoms with E-state index in [1.54, 1.807) is 6.08 Å². The number of terminal acetylenes is 1. The number of para-hydroxylation sites is 3. The highest BCUT2D eigenvalue weighted by Crippen LogP contribution is 2.44. The highest BCUT2D eigenvalue weighted by Gasteiger charge is 2.43. The van der Waals surface area contributed by atoms with Crippen LogP contribution >= 0.6 is 0 Å². The van der Waals surface area contributed by atoms with Crippen LogP contribution in [0.2, 0.25) is 0 Å². The molecule has 0 unspecified atom stereocenters. The van der Waals surface area contributed by atoms with Gasteiger partial charge in [-0.3, -0.25) is 0 Å². The van der Waals surface area contributed by atoms with Gasteiger partial charge in [0.05, 0.1) is 0 Å². The summed E-state index contributed by atoms with van der Waals surface area (Å²) in [4.78, 5) is 7.31. The summed E-state index contributed by atoms with van der Waals surface area (Å²) in [5, 5.41) is 0. The van der Waals surface area contributed by atoms with Crippen molar-refractivity contribution < 1.29 is 0 Å². The largest absolute Gasteiger partial charge is 0.338 e. The molecule has 0 aromatic heterocycles. The molecule has 278 valence electrons. The van der Waals surface area contributed by atoms with Crippen molar-refractivity contribution in [2.45, 2.75) is 0 Å². The van der Waals surface area contributed by atoms with E-state index in [9.17, 15) is 0 Å². The van der Waals surface area contributed by atoms with Crippen LogP contribution in [0, 0.1) is 12.3 Å². The van der Waals surface area contributed by atoms with Crippen molar-refractivity contribution in [3.63, 3.8) is 0 Å². The van der Waals surface area contributed by atoms with Gasteiger partial charge >= 0.3 is 0 Å². The summed E-state index contributed by atoms with van der Waals surface area (Å²) in [6.45, 7) is 0.649. The first kappa shape index (κ1) is 35.7. The molecule has 0 atom stereocenters. The van der Waals surface area contributed by atoms with E-state index in [2.05, 4.69) is 233 Å². The molecule has 2 aliphatic rings. The monoisotopic (exact) mass is 753 g/mol. The Balaban J connectivity index is 1.20. The highest BCUT2D eigenvalue weighted by atomic mass is 15.2. The molecule has 0 bridgehead atoms. The van der Waals surface area contributed by atoms with Crippen LogP contribution in [0.15, 0.2) is 224 Å². The molecule has 3 nitrogen and oxygen atoms in total. The zero-order valence-electron chi connectivity index (χ0n) is 32.6. The maximum absolute atomic E-state index is 5.75. The van der Waals surface area contributed by atoms with Crippen LogP contribution in [0.25, 0.3) is 16.7 Å². The molecule has 0 aliphatic carbocycles. The Kier molecular flexibility index (Phi) is 9.47. The van der Waals surface area contributed by atoms with Crippen LogP contribution in [-0.2, 0) is 0 Å². The fourth-order valence-electron chi connectivity index (χ4n) is 8.84. The zero-order valence-corrected chi connectivity index (χ0v) is 32.6. The SMILES string of the molecule is C#C/C=C\C(=C/CN1c2cc(-c3ccccc3)ccc2B2c3ccc(N(c4ccccc4)c4ccccc4)cc3N(c3ccccc3)c3cccc1c32)c1ccccc1. The van der Waals surface area contributed by atoms with Gasteiger partial charge in [0.1, 0.15) is 0 Å². The smallest absolute Gasteiger partial charge is 0.252 e. The number of nitrogens with zero attached hydrogens (tertiary/aromatic N) is 3. The molecule has 4 heteroatoms. The Morgan fingerprint density at radius 2 is 1.12 bits per heavy atom. The topological polar surface area (TPSA) is 9.72 Å². The van der Waals surface area contributed by atoms with E-state index in [0.717, 1.165) is 39.6 Å². The second-order valence-electron chi connectivity index (χ2n) is 14.8. The summed E-state index contributed by atoms with van der Waals surface area (Å²) in [6.07, 6.45) is 11.9. The Hall–Kier alpha value is -7.74. The minimum Gasteiger partial charge on any atom is -0.338 e. The second-order valence-corrected chi connectivity index (χ2v) is 14.8. The van der Waals surface area contributed by atoms with E-state index < -0.39 is 0 Å². The number of fused-ring (bicyclic) bond motifs is 4. The minimum absolute atomic E-state index is 0.00194. The molecule has 8 aromatic rings. The lowest BCUT2D eigenvalue weighted by atomic mass is 9.33. The first-order chi connectivity index (χ1) is 29.3. The maximum atomic E-state index is 5.75. The summed E-state index contributed by atoms with van der Waals surface area (Å²) in [5.41, 5.74) is 17.6. The van der Waals surface area contributed by atoms with Gasteiger partial charge < -0.3 is 14.7 Å². The highest BCUT2D eigenvalue weighted by molar-refractivity contribution is 7.00. The molecule has 0 saturated carbocycles. The van der Waals surface area contributed by atoms with E-state index in [4.69, 9.17) is 6.42 Å². The van der Waals surface area contributed by atoms with E-state index in [1.165, 1.54) is 44.6 Å². The quantitative estimate of drug-likeness (QED) is 0.0826. The van der Waals surface area contributed by atoms with Gasteiger partial charge in [0.2, 0.25) is 0 Å². The average molecular weight is 754 g/mol. The molecule has 0 spiro atoms. The standard InChI is InChI=1S/C55H40BN3/c1-2-3-20-43(41-21-9-4-10-22-41)37-38-57-51-31-19-32-52-55(51)56(49-35-33-44(39-53(49)57)42-23-11-5-12-24-42)50-36-34-48(40-54(50)59(52)47-29-17-8-18-30-47)58(45-25-13-6-14-26-45)46-27-15-7-16-28-46/h1,3-37,39-40H,38H2/b20-3-,43-37+. The second kappa shape index (κ2) is 15.7. The Bertz CT molecular complexity index is 2830. The molecule has 2 heterocycles. The Labute approximate surface area is 347 Å². The van der Waals surface area contributed by atoms with Crippen molar-refractivity contribution in [2.75, 3.05) is 21.2 Å². The van der Waals surface area contributed by atoms with Gasteiger partial charge in [-0.2, -0.15) is 0 Å². The van der Waals surface area contributed by atoms with Crippen molar-refractivity contribution in [1.29, 1.82) is 0 Å². The van der Waals surface area contributed by atoms with E-state index in [-0.39, 0.29) is 6.71 Å². The van der Waals surface area contributed by atoms with E-state index >= 15 is 0 Å². The summed E-state index contributed by atoms with van der Waals surface area (Å²) in [5.74, 6) is 2.71. The van der Waals surface area contributed by atoms with Crippen LogP contribution in [0.3, 0.4) is 0 Å². The van der Waals surface area contributed by atoms with E-state index in [1.807, 2.05) is 6.08 Å². The Morgan fingerprint density at radius 3 is 1.80 bits per heavy atom. The van der Waals surface area contributed by atoms with Crippen molar-refractivity contribution >= 4 is 74.2 Å². The third kappa shape index (κ3) is 6.59. The number of hydrogen-bond acceptors (Lipinski definition) is 3. The van der Waals surface area contributed by atoms with Gasteiger partial charge in [-0.15, -0.1) is 6.42 Å². The van der Waals surface area contributed by atoms with Crippen LogP contribution in [-0.4, -0.2) is 13.3 Å². The molecule has 0 saturated heterocycles. The van der Waals surface area contributed by atoms with Gasteiger partial charge in [0.25, 0.3) is 6.71 Å². The first-order valence-corrected chi connectivity index (χ1v) is 20.1. The number of anilines is 8. The fourth-order valence-corrected chi connectivity index (χ4v) is 8.84. The van der Waals surface area contributed by atoms with E-state index in [0.29, 0.717) is 6.54 Å². The third-order valence-corrected chi connectivity index (χ3v) is 11.4. The molecule has 59 heavy (non-hydrogen) atoms. The maximum Gasteiger partial charge on any atom is 0.252 e. The molecule has 8 aromatic carbocycles. The lowest BCUT2D eigenvalue weighted by Crippen LogP contribution is -2.61. The lowest BCUT2D eigenvalue weighted by molar-refractivity contribution is 1.10. The number of rotatable bonds is 9. The van der Waals surface area contributed by atoms with Crippen LogP contribution < -0.4 is 31.1 Å². The van der Waals surface area contributed by atoms with Gasteiger partial charge in [0.15, 0.2) is 0 Å². The number of benzene rings is 8. The number of hydrogen-bond donors (Lipinski definition) is 0. The molecule has 0 amide bonds. The summed E-state index contributed by atoms with van der Waals surface area (Å²) in [7, 11) is 0. The lowest BCUT2D eigenvalue weighted by Gasteiger charge is -2.44. The number of allylic oxidation sites excluding steroid dienone is 3. The van der Waals surface area contributed by atoms with Crippen LogP contribution in [0.1, 0.15) is 5.56 Å². The third-order valence-electron chi connectivity index (χ3n) is 11.4. The van der Waals surface area contributed by atoms with Gasteiger partial charge in [-0.25, -0.2) is 0 Å². The van der Waals surface area contributed by atoms with Crippen molar-refractivity contribution in [1.82, 2.24) is 0 Å². The van der Waals surface area contributed by atoms with Crippen LogP contribution in [0.4, 0.5) is 45.5 Å². The zero-order chi connectivity index (χ0) is 39.5. The van der Waals surface area contributed by atoms with Gasteiger partial charge in [0, 0.05) is 52.0 Å². The van der Waals surface area contributed by atoms with Gasteiger partial charge in [-0.1, -0.05) is 152 Å².